The minimum absolute atomic E-state index is 0.0942. The molecule has 1 aromatic carbocycles. The molecule has 0 fully saturated rings. The molecular weight excluding hydrogens is 318 g/mol. The molecule has 1 aliphatic rings. The van der Waals surface area contributed by atoms with Crippen LogP contribution >= 0.6 is 11.6 Å². The summed E-state index contributed by atoms with van der Waals surface area (Å²) < 4.78 is 43.2. The third-order valence-electron chi connectivity index (χ3n) is 3.09. The molecule has 1 aromatic rings. The fraction of sp³-hybridized carbons (Fsp3) is 0.400. The van der Waals surface area contributed by atoms with Crippen LogP contribution in [0.4, 0.5) is 8.78 Å². The molecule has 0 aromatic heterocycles. The first-order valence-corrected chi connectivity index (χ1v) is 7.08. The molecule has 0 radical (unpaired) electrons. The molecular formula is C15H15ClF2O4. The van der Waals surface area contributed by atoms with E-state index in [-0.39, 0.29) is 12.2 Å². The van der Waals surface area contributed by atoms with Gasteiger partial charge in [0.25, 0.3) is 5.76 Å². The zero-order valence-electron chi connectivity index (χ0n) is 12.1. The van der Waals surface area contributed by atoms with Crippen LogP contribution in [0, 0.1) is 0 Å². The number of alkyl halides is 2. The molecule has 0 spiro atoms. The van der Waals surface area contributed by atoms with E-state index in [1.165, 1.54) is 12.1 Å². The van der Waals surface area contributed by atoms with Gasteiger partial charge in [-0.3, -0.25) is 0 Å². The smallest absolute Gasteiger partial charge is 0.377 e. The average molecular weight is 333 g/mol. The summed E-state index contributed by atoms with van der Waals surface area (Å²) in [5.74, 6) is -5.21. The number of rotatable bonds is 7. The summed E-state index contributed by atoms with van der Waals surface area (Å²) in [6.45, 7) is 1.76. The quantitative estimate of drug-likeness (QED) is 0.710. The normalized spacial score (nSPS) is 15.1. The minimum Gasteiger partial charge on any atom is -0.484 e. The molecule has 0 saturated heterocycles. The maximum absolute atomic E-state index is 14.4. The molecule has 22 heavy (non-hydrogen) atoms. The Balaban J connectivity index is 2.18. The Morgan fingerprint density at radius 3 is 2.55 bits per heavy atom. The van der Waals surface area contributed by atoms with Gasteiger partial charge in [-0.25, -0.2) is 4.79 Å². The summed E-state index contributed by atoms with van der Waals surface area (Å²) in [6, 6.07) is 6.10. The topological polar surface area (TPSA) is 48.1 Å². The van der Waals surface area contributed by atoms with Crippen LogP contribution in [0.2, 0.25) is 5.02 Å². The van der Waals surface area contributed by atoms with E-state index < -0.39 is 29.5 Å². The lowest BCUT2D eigenvalue weighted by atomic mass is 10.1. The number of hydrogen-bond acceptors (Lipinski definition) is 4. The van der Waals surface area contributed by atoms with Crippen LogP contribution in [-0.2, 0) is 14.3 Å². The lowest BCUT2D eigenvalue weighted by molar-refractivity contribution is -0.137. The SMILES string of the molecule is CCCC(Oc1ccc(Cl)cc1)C(F)(F)C1=C(C(=O)OC)O1. The standard InChI is InChI=1S/C15H15ClF2O4/c1-3-4-11(21-10-7-5-9(16)6-8-10)15(17,18)13-12(22-13)14(19)20-2/h5-8,11H,3-4H2,1-2H3. The van der Waals surface area contributed by atoms with Crippen molar-refractivity contribution in [3.05, 3.63) is 40.8 Å². The Bertz CT molecular complexity index is 584. The third kappa shape index (κ3) is 3.50. The Morgan fingerprint density at radius 1 is 1.36 bits per heavy atom. The van der Waals surface area contributed by atoms with E-state index in [1.54, 1.807) is 19.1 Å². The van der Waals surface area contributed by atoms with Crippen LogP contribution in [0.1, 0.15) is 19.8 Å². The summed E-state index contributed by atoms with van der Waals surface area (Å²) in [5, 5.41) is 0.479. The van der Waals surface area contributed by atoms with Crippen LogP contribution in [-0.4, -0.2) is 25.1 Å². The summed E-state index contributed by atoms with van der Waals surface area (Å²) in [7, 11) is 1.10. The van der Waals surface area contributed by atoms with E-state index >= 15 is 0 Å². The van der Waals surface area contributed by atoms with Crippen molar-refractivity contribution in [2.24, 2.45) is 0 Å². The summed E-state index contributed by atoms with van der Waals surface area (Å²) in [6.07, 6.45) is -0.873. The maximum atomic E-state index is 14.4. The number of hydrogen-bond donors (Lipinski definition) is 0. The van der Waals surface area contributed by atoms with Crippen LogP contribution in [0.5, 0.6) is 5.75 Å². The molecule has 1 unspecified atom stereocenters. The van der Waals surface area contributed by atoms with Crippen LogP contribution in [0.15, 0.2) is 35.8 Å². The highest BCUT2D eigenvalue weighted by atomic mass is 35.5. The predicted octanol–water partition coefficient (Wildman–Crippen LogP) is 3.94. The lowest BCUT2D eigenvalue weighted by Crippen LogP contribution is -2.38. The third-order valence-corrected chi connectivity index (χ3v) is 3.34. The molecule has 120 valence electrons. The number of benzene rings is 1. The average Bonchev–Trinajstić information content (AvgIpc) is 3.29. The highest BCUT2D eigenvalue weighted by Gasteiger charge is 2.57. The predicted molar refractivity (Wildman–Crippen MR) is 75.9 cm³/mol. The number of esters is 1. The van der Waals surface area contributed by atoms with E-state index in [4.69, 9.17) is 16.3 Å². The van der Waals surface area contributed by atoms with Gasteiger partial charge in [-0.1, -0.05) is 24.9 Å². The van der Waals surface area contributed by atoms with Gasteiger partial charge in [-0.15, -0.1) is 0 Å². The number of halogens is 3. The summed E-state index contributed by atoms with van der Waals surface area (Å²) in [5.41, 5.74) is 0. The van der Waals surface area contributed by atoms with Crippen LogP contribution in [0.3, 0.4) is 0 Å². The fourth-order valence-corrected chi connectivity index (χ4v) is 2.05. The van der Waals surface area contributed by atoms with E-state index in [1.807, 2.05) is 0 Å². The van der Waals surface area contributed by atoms with Crippen molar-refractivity contribution in [1.82, 2.24) is 0 Å². The number of carbonyl (C=O) groups is 1. The van der Waals surface area contributed by atoms with Gasteiger partial charge in [0.1, 0.15) is 5.75 Å². The van der Waals surface area contributed by atoms with Crippen molar-refractivity contribution in [2.45, 2.75) is 31.8 Å². The van der Waals surface area contributed by atoms with Crippen molar-refractivity contribution in [3.63, 3.8) is 0 Å². The molecule has 2 rings (SSSR count). The van der Waals surface area contributed by atoms with Gasteiger partial charge in [-0.2, -0.15) is 8.78 Å². The van der Waals surface area contributed by atoms with Crippen molar-refractivity contribution >= 4 is 17.6 Å². The zero-order chi connectivity index (χ0) is 16.3. The molecule has 1 heterocycles. The maximum Gasteiger partial charge on any atom is 0.377 e. The molecule has 0 N–H and O–H groups in total. The number of carbonyl (C=O) groups excluding carboxylic acids is 1. The van der Waals surface area contributed by atoms with Gasteiger partial charge >= 0.3 is 11.9 Å². The first-order chi connectivity index (χ1) is 10.4. The molecule has 7 heteroatoms. The molecule has 0 amide bonds. The molecule has 1 atom stereocenters. The second-order valence-electron chi connectivity index (χ2n) is 4.72. The van der Waals surface area contributed by atoms with Gasteiger partial charge in [-0.05, 0) is 30.7 Å². The molecule has 0 saturated carbocycles. The van der Waals surface area contributed by atoms with Gasteiger partial charge in [0, 0.05) is 5.02 Å². The molecule has 0 bridgehead atoms. The van der Waals surface area contributed by atoms with Crippen molar-refractivity contribution in [3.8, 4) is 5.75 Å². The molecule has 0 aliphatic carbocycles. The van der Waals surface area contributed by atoms with Crippen LogP contribution < -0.4 is 4.74 Å². The van der Waals surface area contributed by atoms with Crippen LogP contribution in [0.25, 0.3) is 0 Å². The minimum atomic E-state index is -3.42. The van der Waals surface area contributed by atoms with Crippen molar-refractivity contribution in [1.29, 1.82) is 0 Å². The Hall–Kier alpha value is -1.82. The Morgan fingerprint density at radius 2 is 2.00 bits per heavy atom. The first kappa shape index (κ1) is 16.5. The Labute approximate surface area is 131 Å². The van der Waals surface area contributed by atoms with Gasteiger partial charge in [0.05, 0.1) is 7.11 Å². The summed E-state index contributed by atoms with van der Waals surface area (Å²) >= 11 is 5.75. The van der Waals surface area contributed by atoms with Gasteiger partial charge in [0.2, 0.25) is 5.76 Å². The highest BCUT2D eigenvalue weighted by molar-refractivity contribution is 6.30. The van der Waals surface area contributed by atoms with E-state index in [2.05, 4.69) is 9.47 Å². The van der Waals surface area contributed by atoms with E-state index in [9.17, 15) is 13.6 Å². The van der Waals surface area contributed by atoms with E-state index in [0.29, 0.717) is 11.4 Å². The molecule has 1 aliphatic heterocycles. The second-order valence-corrected chi connectivity index (χ2v) is 5.16. The number of ether oxygens (including phenoxy) is 3. The van der Waals surface area contributed by atoms with Crippen molar-refractivity contribution < 1.29 is 27.8 Å². The van der Waals surface area contributed by atoms with E-state index in [0.717, 1.165) is 7.11 Å². The first-order valence-electron chi connectivity index (χ1n) is 6.71. The fourth-order valence-electron chi connectivity index (χ4n) is 1.92. The Kier molecular flexibility index (Phi) is 4.90. The zero-order valence-corrected chi connectivity index (χ0v) is 12.8. The van der Waals surface area contributed by atoms with Gasteiger partial charge < -0.3 is 14.2 Å². The van der Waals surface area contributed by atoms with Crippen molar-refractivity contribution in [2.75, 3.05) is 7.11 Å². The largest absolute Gasteiger partial charge is 0.484 e. The second kappa shape index (κ2) is 6.52. The number of methoxy groups -OCH3 is 1. The molecule has 4 nitrogen and oxygen atoms in total. The lowest BCUT2D eigenvalue weighted by Gasteiger charge is -2.24. The summed E-state index contributed by atoms with van der Waals surface area (Å²) in [4.78, 5) is 11.2. The van der Waals surface area contributed by atoms with Gasteiger partial charge in [0.15, 0.2) is 6.10 Å². The monoisotopic (exact) mass is 332 g/mol. The highest BCUT2D eigenvalue weighted by Crippen LogP contribution is 2.44.